The van der Waals surface area contributed by atoms with E-state index in [2.05, 4.69) is 41.2 Å². The molecular weight excluding hydrogens is 451 g/mol. The van der Waals surface area contributed by atoms with Gasteiger partial charge >= 0.3 is 6.18 Å². The Morgan fingerprint density at radius 1 is 0.914 bits per heavy atom. The molecule has 1 N–H and O–H groups in total. The van der Waals surface area contributed by atoms with Gasteiger partial charge in [0, 0.05) is 23.7 Å². The molecule has 2 heterocycles. The summed E-state index contributed by atoms with van der Waals surface area (Å²) in [6.45, 7) is 7.05. The number of fused-ring (bicyclic) bond motifs is 1. The van der Waals surface area contributed by atoms with Crippen molar-refractivity contribution >= 4 is 16.7 Å². The first-order valence-electron chi connectivity index (χ1n) is 11.7. The van der Waals surface area contributed by atoms with Crippen molar-refractivity contribution in [3.05, 3.63) is 83.8 Å². The molecule has 5 nitrogen and oxygen atoms in total. The van der Waals surface area contributed by atoms with Crippen molar-refractivity contribution in [3.8, 4) is 11.3 Å². The smallest absolute Gasteiger partial charge is 0.369 e. The van der Waals surface area contributed by atoms with Crippen LogP contribution < -0.4 is 5.32 Å². The molecule has 0 aliphatic rings. The molecule has 0 fully saturated rings. The number of alkyl halides is 3. The van der Waals surface area contributed by atoms with E-state index in [1.807, 2.05) is 18.2 Å². The molecule has 0 amide bonds. The summed E-state index contributed by atoms with van der Waals surface area (Å²) in [6.07, 6.45) is -2.31. The zero-order chi connectivity index (χ0) is 24.8. The summed E-state index contributed by atoms with van der Waals surface area (Å²) in [7, 11) is 0. The number of rotatable bonds is 9. The Morgan fingerprint density at radius 3 is 2.40 bits per heavy atom. The van der Waals surface area contributed by atoms with Gasteiger partial charge in [-0.3, -0.25) is 9.88 Å². The zero-order valence-electron chi connectivity index (χ0n) is 19.8. The second kappa shape index (κ2) is 10.8. The monoisotopic (exact) mass is 479 g/mol. The minimum Gasteiger partial charge on any atom is -0.369 e. The van der Waals surface area contributed by atoms with Crippen molar-refractivity contribution < 1.29 is 13.2 Å². The molecule has 182 valence electrons. The molecule has 0 saturated heterocycles. The predicted octanol–water partition coefficient (Wildman–Crippen LogP) is 6.21. The number of hydrogen-bond acceptors (Lipinski definition) is 5. The molecule has 2 aromatic heterocycles. The maximum atomic E-state index is 13.6. The molecule has 0 aliphatic heterocycles. The van der Waals surface area contributed by atoms with Crippen molar-refractivity contribution in [1.29, 1.82) is 0 Å². The van der Waals surface area contributed by atoms with Crippen LogP contribution in [-0.4, -0.2) is 39.5 Å². The van der Waals surface area contributed by atoms with E-state index in [4.69, 9.17) is 9.97 Å². The van der Waals surface area contributed by atoms with Crippen LogP contribution in [0, 0.1) is 0 Å². The first-order chi connectivity index (χ1) is 16.9. The lowest BCUT2D eigenvalue weighted by Gasteiger charge is -2.18. The maximum absolute atomic E-state index is 13.6. The third-order valence-corrected chi connectivity index (χ3v) is 5.94. The third-order valence-electron chi connectivity index (χ3n) is 5.94. The summed E-state index contributed by atoms with van der Waals surface area (Å²) < 4.78 is 40.8. The van der Waals surface area contributed by atoms with Gasteiger partial charge in [0.2, 0.25) is 0 Å². The number of hydrogen-bond donors (Lipinski definition) is 1. The van der Waals surface area contributed by atoms with E-state index in [1.54, 1.807) is 18.2 Å². The van der Waals surface area contributed by atoms with E-state index < -0.39 is 11.7 Å². The summed E-state index contributed by atoms with van der Waals surface area (Å²) >= 11 is 0. The Labute approximate surface area is 203 Å². The fourth-order valence-corrected chi connectivity index (χ4v) is 4.01. The lowest BCUT2D eigenvalue weighted by Crippen LogP contribution is -2.23. The van der Waals surface area contributed by atoms with Gasteiger partial charge in [-0.25, -0.2) is 9.97 Å². The van der Waals surface area contributed by atoms with Gasteiger partial charge in [-0.05, 0) is 49.3 Å². The summed E-state index contributed by atoms with van der Waals surface area (Å²) in [5.41, 5.74) is 1.29. The SMILES string of the molecule is CCN(CC)Cc1nc(NCCc2ccccc2)c2ccc(-c3ncccc3C(F)(F)F)cc2n1. The zero-order valence-corrected chi connectivity index (χ0v) is 19.8. The Morgan fingerprint density at radius 2 is 1.69 bits per heavy atom. The number of nitrogens with zero attached hydrogens (tertiary/aromatic N) is 4. The molecule has 0 saturated carbocycles. The highest BCUT2D eigenvalue weighted by atomic mass is 19.4. The summed E-state index contributed by atoms with van der Waals surface area (Å²) in [5.74, 6) is 1.30. The van der Waals surface area contributed by atoms with Gasteiger partial charge in [0.25, 0.3) is 0 Å². The Hall–Kier alpha value is -3.52. The maximum Gasteiger partial charge on any atom is 0.418 e. The van der Waals surface area contributed by atoms with E-state index in [9.17, 15) is 13.2 Å². The van der Waals surface area contributed by atoms with Crippen LogP contribution in [0.15, 0.2) is 66.9 Å². The van der Waals surface area contributed by atoms with Gasteiger partial charge < -0.3 is 5.32 Å². The van der Waals surface area contributed by atoms with Gasteiger partial charge in [0.1, 0.15) is 11.6 Å². The Balaban J connectivity index is 1.72. The van der Waals surface area contributed by atoms with Crippen LogP contribution in [0.2, 0.25) is 0 Å². The van der Waals surface area contributed by atoms with Crippen LogP contribution in [-0.2, 0) is 19.1 Å². The van der Waals surface area contributed by atoms with Crippen LogP contribution in [0.5, 0.6) is 0 Å². The highest BCUT2D eigenvalue weighted by molar-refractivity contribution is 5.92. The second-order valence-electron chi connectivity index (χ2n) is 8.24. The first-order valence-corrected chi connectivity index (χ1v) is 11.7. The molecule has 0 aliphatic carbocycles. The molecule has 0 spiro atoms. The lowest BCUT2D eigenvalue weighted by molar-refractivity contribution is -0.137. The van der Waals surface area contributed by atoms with Gasteiger partial charge in [0.05, 0.1) is 23.3 Å². The normalized spacial score (nSPS) is 11.8. The molecule has 4 aromatic rings. The highest BCUT2D eigenvalue weighted by Crippen LogP contribution is 2.36. The largest absolute Gasteiger partial charge is 0.418 e. The summed E-state index contributed by atoms with van der Waals surface area (Å²) in [5, 5.41) is 4.17. The number of pyridine rings is 1. The van der Waals surface area contributed by atoms with Crippen LogP contribution in [0.4, 0.5) is 19.0 Å². The van der Waals surface area contributed by atoms with Crippen molar-refractivity contribution in [2.45, 2.75) is 33.0 Å². The minimum absolute atomic E-state index is 0.107. The van der Waals surface area contributed by atoms with Gasteiger partial charge in [-0.15, -0.1) is 0 Å². The van der Waals surface area contributed by atoms with Gasteiger partial charge in [-0.1, -0.05) is 50.2 Å². The van der Waals surface area contributed by atoms with Crippen LogP contribution >= 0.6 is 0 Å². The van der Waals surface area contributed by atoms with Gasteiger partial charge in [0.15, 0.2) is 0 Å². The van der Waals surface area contributed by atoms with E-state index in [0.717, 1.165) is 31.0 Å². The average molecular weight is 480 g/mol. The molecule has 8 heteroatoms. The number of benzene rings is 2. The fraction of sp³-hybridized carbons (Fsp3) is 0.296. The van der Waals surface area contributed by atoms with Crippen LogP contribution in [0.1, 0.15) is 30.8 Å². The minimum atomic E-state index is -4.50. The molecule has 4 rings (SSSR count). The third kappa shape index (κ3) is 5.95. The molecule has 35 heavy (non-hydrogen) atoms. The number of nitrogens with one attached hydrogen (secondary N) is 1. The number of halogens is 3. The van der Waals surface area contributed by atoms with Crippen molar-refractivity contribution in [2.24, 2.45) is 0 Å². The number of anilines is 1. The van der Waals surface area contributed by atoms with E-state index in [-0.39, 0.29) is 5.69 Å². The van der Waals surface area contributed by atoms with E-state index in [1.165, 1.54) is 17.8 Å². The van der Waals surface area contributed by atoms with Crippen molar-refractivity contribution in [2.75, 3.05) is 25.0 Å². The summed E-state index contributed by atoms with van der Waals surface area (Å²) in [4.78, 5) is 15.7. The molecule has 0 radical (unpaired) electrons. The standard InChI is InChI=1S/C27H28F3N5/c1-3-35(4-2)18-24-33-23-17-20(25-22(27(28,29)30)11-8-15-31-25)12-13-21(23)26(34-24)32-16-14-19-9-6-5-7-10-19/h5-13,15,17H,3-4,14,16,18H2,1-2H3,(H,32,33,34). The van der Waals surface area contributed by atoms with Crippen molar-refractivity contribution in [1.82, 2.24) is 19.9 Å². The predicted molar refractivity (Wildman–Crippen MR) is 133 cm³/mol. The second-order valence-corrected chi connectivity index (χ2v) is 8.24. The fourth-order valence-electron chi connectivity index (χ4n) is 4.01. The molecule has 0 atom stereocenters. The van der Waals surface area contributed by atoms with Gasteiger partial charge in [-0.2, -0.15) is 13.2 Å². The average Bonchev–Trinajstić information content (AvgIpc) is 2.87. The van der Waals surface area contributed by atoms with Crippen molar-refractivity contribution in [3.63, 3.8) is 0 Å². The molecule has 0 unspecified atom stereocenters. The topological polar surface area (TPSA) is 53.9 Å². The number of aromatic nitrogens is 3. The molecule has 0 bridgehead atoms. The van der Waals surface area contributed by atoms with E-state index in [0.29, 0.717) is 35.8 Å². The Kier molecular flexibility index (Phi) is 7.60. The molecular formula is C27H28F3N5. The lowest BCUT2D eigenvalue weighted by atomic mass is 10.0. The summed E-state index contributed by atoms with van der Waals surface area (Å²) in [6, 6.07) is 17.6. The first kappa shape index (κ1) is 24.6. The van der Waals surface area contributed by atoms with E-state index >= 15 is 0 Å². The Bertz CT molecular complexity index is 1270. The quantitative estimate of drug-likeness (QED) is 0.309. The van der Waals surface area contributed by atoms with Crippen LogP contribution in [0.25, 0.3) is 22.2 Å². The molecule has 2 aromatic carbocycles. The van der Waals surface area contributed by atoms with Crippen LogP contribution in [0.3, 0.4) is 0 Å². The highest BCUT2D eigenvalue weighted by Gasteiger charge is 2.34.